The fourth-order valence-corrected chi connectivity index (χ4v) is 2.16. The van der Waals surface area contributed by atoms with Gasteiger partial charge in [-0.25, -0.2) is 0 Å². The van der Waals surface area contributed by atoms with Crippen LogP contribution in [0.2, 0.25) is 5.04 Å². The lowest BCUT2D eigenvalue weighted by Gasteiger charge is -2.25. The Balaban J connectivity index is 4.30. The van der Waals surface area contributed by atoms with Gasteiger partial charge in [-0.15, -0.1) is 0 Å². The Hall–Kier alpha value is -0.563. The van der Waals surface area contributed by atoms with Gasteiger partial charge in [-0.3, -0.25) is 0 Å². The zero-order chi connectivity index (χ0) is 10.9. The van der Waals surface area contributed by atoms with Gasteiger partial charge in [0.1, 0.15) is 0 Å². The van der Waals surface area contributed by atoms with Gasteiger partial charge in [-0.2, -0.15) is 0 Å². The second kappa shape index (κ2) is 7.81. The van der Waals surface area contributed by atoms with Crippen LogP contribution in [-0.4, -0.2) is 10.2 Å². The molecule has 0 saturated heterocycles. The van der Waals surface area contributed by atoms with E-state index < -0.39 is 0 Å². The highest BCUT2D eigenvalue weighted by Crippen LogP contribution is 2.36. The van der Waals surface area contributed by atoms with E-state index in [1.54, 1.807) is 0 Å². The van der Waals surface area contributed by atoms with Crippen LogP contribution in [0, 0.1) is 0 Å². The summed E-state index contributed by atoms with van der Waals surface area (Å²) >= 11 is 0. The molecule has 0 saturated carbocycles. The van der Waals surface area contributed by atoms with Crippen molar-refractivity contribution in [3.05, 3.63) is 36.5 Å². The van der Waals surface area contributed by atoms with Crippen LogP contribution >= 0.6 is 0 Å². The SMILES string of the molecule is CC=CCC([SiH3])(CC=CC)CC=CC. The Morgan fingerprint density at radius 2 is 1.07 bits per heavy atom. The quantitative estimate of drug-likeness (QED) is 0.463. The lowest BCUT2D eigenvalue weighted by molar-refractivity contribution is 0.578. The summed E-state index contributed by atoms with van der Waals surface area (Å²) in [5.74, 6) is 0. The van der Waals surface area contributed by atoms with Crippen LogP contribution in [0.15, 0.2) is 36.5 Å². The molecule has 0 N–H and O–H groups in total. The molecular formula is C13H24Si. The van der Waals surface area contributed by atoms with Crippen molar-refractivity contribution < 1.29 is 0 Å². The molecule has 0 atom stereocenters. The van der Waals surface area contributed by atoms with Gasteiger partial charge in [0.05, 0.1) is 0 Å². The molecule has 0 aromatic rings. The molecule has 1 heteroatoms. The van der Waals surface area contributed by atoms with E-state index in [9.17, 15) is 0 Å². The molecule has 0 unspecified atom stereocenters. The molecule has 0 aromatic heterocycles. The average molecular weight is 208 g/mol. The normalized spacial score (nSPS) is 17.4. The Morgan fingerprint density at radius 1 is 0.786 bits per heavy atom. The van der Waals surface area contributed by atoms with Crippen molar-refractivity contribution >= 4 is 10.2 Å². The molecule has 0 spiro atoms. The molecule has 0 aromatic carbocycles. The van der Waals surface area contributed by atoms with Gasteiger partial charge in [0.2, 0.25) is 0 Å². The minimum absolute atomic E-state index is 0.533. The average Bonchev–Trinajstić information content (AvgIpc) is 2.21. The van der Waals surface area contributed by atoms with Crippen molar-refractivity contribution in [1.29, 1.82) is 0 Å². The highest BCUT2D eigenvalue weighted by atomic mass is 28.1. The van der Waals surface area contributed by atoms with Gasteiger partial charge >= 0.3 is 0 Å². The van der Waals surface area contributed by atoms with E-state index in [1.165, 1.54) is 29.5 Å². The second-order valence-corrected chi connectivity index (χ2v) is 6.25. The first-order valence-corrected chi connectivity index (χ1v) is 6.52. The first-order chi connectivity index (χ1) is 6.68. The van der Waals surface area contributed by atoms with Crippen molar-refractivity contribution in [2.45, 2.75) is 45.1 Å². The summed E-state index contributed by atoms with van der Waals surface area (Å²) in [7, 11) is 1.26. The minimum atomic E-state index is 0.533. The summed E-state index contributed by atoms with van der Waals surface area (Å²) in [6.07, 6.45) is 17.1. The maximum absolute atomic E-state index is 2.31. The van der Waals surface area contributed by atoms with Crippen molar-refractivity contribution in [1.82, 2.24) is 0 Å². The van der Waals surface area contributed by atoms with Crippen molar-refractivity contribution in [2.75, 3.05) is 0 Å². The standard InChI is InChI=1S/C13H24Si/c1-4-7-10-13(14,11-8-5-2)12-9-6-3/h4-9H,10-12H2,1-3,14H3. The van der Waals surface area contributed by atoms with E-state index in [0.717, 1.165) is 0 Å². The van der Waals surface area contributed by atoms with E-state index in [0.29, 0.717) is 5.04 Å². The number of allylic oxidation sites excluding steroid dienone is 6. The van der Waals surface area contributed by atoms with Crippen molar-refractivity contribution in [3.63, 3.8) is 0 Å². The van der Waals surface area contributed by atoms with E-state index >= 15 is 0 Å². The third kappa shape index (κ3) is 5.98. The summed E-state index contributed by atoms with van der Waals surface area (Å²) in [5, 5.41) is 0.533. The van der Waals surface area contributed by atoms with E-state index in [2.05, 4.69) is 57.2 Å². The smallest absolute Gasteiger partial charge is 0.0118 e. The van der Waals surface area contributed by atoms with Gasteiger partial charge in [0.25, 0.3) is 0 Å². The minimum Gasteiger partial charge on any atom is -0.0917 e. The predicted octanol–water partition coefficient (Wildman–Crippen LogP) is 3.41. The molecule has 0 aliphatic carbocycles. The zero-order valence-electron chi connectivity index (χ0n) is 10.1. The van der Waals surface area contributed by atoms with Gasteiger partial charge in [0.15, 0.2) is 0 Å². The Kier molecular flexibility index (Phi) is 7.49. The topological polar surface area (TPSA) is 0 Å². The number of hydrogen-bond donors (Lipinski definition) is 0. The molecular weight excluding hydrogens is 184 g/mol. The Bertz CT molecular complexity index is 175. The second-order valence-electron chi connectivity index (χ2n) is 4.13. The van der Waals surface area contributed by atoms with Crippen LogP contribution in [0.25, 0.3) is 0 Å². The summed E-state index contributed by atoms with van der Waals surface area (Å²) in [6, 6.07) is 0. The Labute approximate surface area is 92.2 Å². The highest BCUT2D eigenvalue weighted by Gasteiger charge is 2.19. The van der Waals surface area contributed by atoms with Crippen LogP contribution in [0.3, 0.4) is 0 Å². The van der Waals surface area contributed by atoms with Crippen LogP contribution in [0.5, 0.6) is 0 Å². The number of rotatable bonds is 6. The predicted molar refractivity (Wildman–Crippen MR) is 70.9 cm³/mol. The highest BCUT2D eigenvalue weighted by molar-refractivity contribution is 6.15. The largest absolute Gasteiger partial charge is 0.0917 e. The third-order valence-electron chi connectivity index (χ3n) is 2.54. The fraction of sp³-hybridized carbons (Fsp3) is 0.538. The van der Waals surface area contributed by atoms with Crippen molar-refractivity contribution in [3.8, 4) is 0 Å². The molecule has 0 heterocycles. The summed E-state index contributed by atoms with van der Waals surface area (Å²) in [6.45, 7) is 6.31. The van der Waals surface area contributed by atoms with E-state index in [4.69, 9.17) is 0 Å². The first-order valence-electron chi connectivity index (χ1n) is 5.52. The van der Waals surface area contributed by atoms with Gasteiger partial charge < -0.3 is 0 Å². The van der Waals surface area contributed by atoms with Crippen LogP contribution in [0.4, 0.5) is 0 Å². The summed E-state index contributed by atoms with van der Waals surface area (Å²) in [5.41, 5.74) is 0. The fourth-order valence-electron chi connectivity index (χ4n) is 1.46. The van der Waals surface area contributed by atoms with Crippen molar-refractivity contribution in [2.24, 2.45) is 0 Å². The van der Waals surface area contributed by atoms with Crippen LogP contribution < -0.4 is 0 Å². The van der Waals surface area contributed by atoms with Crippen LogP contribution in [0.1, 0.15) is 40.0 Å². The molecule has 0 aliphatic heterocycles. The summed E-state index contributed by atoms with van der Waals surface area (Å²) in [4.78, 5) is 0. The molecule has 0 aliphatic rings. The van der Waals surface area contributed by atoms with Gasteiger partial charge in [-0.1, -0.05) is 36.5 Å². The maximum atomic E-state index is 2.31. The third-order valence-corrected chi connectivity index (χ3v) is 3.76. The lowest BCUT2D eigenvalue weighted by atomic mass is 9.95. The molecule has 0 bridgehead atoms. The monoisotopic (exact) mass is 208 g/mol. The van der Waals surface area contributed by atoms with Gasteiger partial charge in [0, 0.05) is 10.2 Å². The zero-order valence-corrected chi connectivity index (χ0v) is 12.1. The Morgan fingerprint density at radius 3 is 1.29 bits per heavy atom. The van der Waals surface area contributed by atoms with E-state index in [1.807, 2.05) is 0 Å². The molecule has 0 amide bonds. The van der Waals surface area contributed by atoms with Gasteiger partial charge in [-0.05, 0) is 45.1 Å². The molecule has 0 radical (unpaired) electrons. The lowest BCUT2D eigenvalue weighted by Crippen LogP contribution is -2.10. The molecule has 80 valence electrons. The number of hydrogen-bond acceptors (Lipinski definition) is 0. The summed E-state index contributed by atoms with van der Waals surface area (Å²) < 4.78 is 0. The van der Waals surface area contributed by atoms with Crippen LogP contribution in [-0.2, 0) is 0 Å². The maximum Gasteiger partial charge on any atom is 0.0118 e. The molecule has 0 rings (SSSR count). The first kappa shape index (κ1) is 13.4. The molecule has 0 fully saturated rings. The molecule has 14 heavy (non-hydrogen) atoms. The molecule has 0 nitrogen and oxygen atoms in total. The van der Waals surface area contributed by atoms with E-state index in [-0.39, 0.29) is 0 Å².